The maximum absolute atomic E-state index is 4.62. The molecule has 4 heterocycles. The van der Waals surface area contributed by atoms with Gasteiger partial charge in [0.1, 0.15) is 5.52 Å². The van der Waals surface area contributed by atoms with Gasteiger partial charge in [-0.3, -0.25) is 9.67 Å². The third kappa shape index (κ3) is 2.90. The molecule has 1 aromatic carbocycles. The predicted molar refractivity (Wildman–Crippen MR) is 108 cm³/mol. The van der Waals surface area contributed by atoms with Crippen LogP contribution in [0.4, 0.5) is 0 Å². The Kier molecular flexibility index (Phi) is 3.86. The smallest absolute Gasteiger partial charge is 0.178 e. The van der Waals surface area contributed by atoms with Crippen LogP contribution in [0.25, 0.3) is 33.2 Å². The van der Waals surface area contributed by atoms with Crippen LogP contribution in [0, 0.1) is 0 Å². The van der Waals surface area contributed by atoms with Crippen LogP contribution in [0.5, 0.6) is 0 Å². The lowest BCUT2D eigenvalue weighted by Gasteiger charge is -2.05. The minimum atomic E-state index is 0.323. The average Bonchev–Trinajstić information content (AvgIpc) is 3.35. The van der Waals surface area contributed by atoms with E-state index in [9.17, 15) is 0 Å². The van der Waals surface area contributed by atoms with Gasteiger partial charge in [0.05, 0.1) is 18.3 Å². The molecule has 0 spiro atoms. The molecule has 0 saturated carbocycles. The van der Waals surface area contributed by atoms with Crippen LogP contribution in [0.15, 0.2) is 61.2 Å². The first-order chi connectivity index (χ1) is 13.7. The first kappa shape index (κ1) is 16.6. The summed E-state index contributed by atoms with van der Waals surface area (Å²) in [6, 6.07) is 12.6. The number of hydrogen-bond donors (Lipinski definition) is 0. The Hall–Kier alpha value is -3.61. The highest BCUT2D eigenvalue weighted by atomic mass is 15.4. The molecule has 0 aliphatic carbocycles. The Labute approximate surface area is 161 Å². The van der Waals surface area contributed by atoms with Crippen LogP contribution >= 0.6 is 0 Å². The highest BCUT2D eigenvalue weighted by Gasteiger charge is 2.11. The highest BCUT2D eigenvalue weighted by molar-refractivity contribution is 5.79. The van der Waals surface area contributed by atoms with Gasteiger partial charge in [0.25, 0.3) is 0 Å². The summed E-state index contributed by atoms with van der Waals surface area (Å²) >= 11 is 0. The molecule has 0 unspecified atom stereocenters. The zero-order chi connectivity index (χ0) is 19.1. The van der Waals surface area contributed by atoms with Crippen LogP contribution in [-0.4, -0.2) is 34.7 Å². The van der Waals surface area contributed by atoms with E-state index in [-0.39, 0.29) is 0 Å². The predicted octanol–water partition coefficient (Wildman–Crippen LogP) is 3.87. The van der Waals surface area contributed by atoms with Gasteiger partial charge in [0, 0.05) is 41.1 Å². The van der Waals surface area contributed by atoms with Gasteiger partial charge in [-0.1, -0.05) is 17.3 Å². The summed E-state index contributed by atoms with van der Waals surface area (Å²) < 4.78 is 3.76. The number of nitrogens with zero attached hydrogens (tertiary/aromatic N) is 7. The van der Waals surface area contributed by atoms with Crippen molar-refractivity contribution >= 4 is 22.1 Å². The standard InChI is InChI=1S/C21H19N7/c1-14(2)27-13-18(11-24-27)17-9-20-21(23-10-17)28(26-25-20)12-15-5-6-19-16(8-15)4-3-7-22-19/h3-11,13-14H,12H2,1-2H3. The van der Waals surface area contributed by atoms with Gasteiger partial charge in [-0.25, -0.2) is 9.67 Å². The molecular weight excluding hydrogens is 350 g/mol. The number of aromatic nitrogens is 7. The van der Waals surface area contributed by atoms with Crippen molar-refractivity contribution in [1.82, 2.24) is 34.7 Å². The molecule has 0 atom stereocenters. The molecule has 0 aliphatic heterocycles. The van der Waals surface area contributed by atoms with E-state index in [2.05, 4.69) is 57.4 Å². The Morgan fingerprint density at radius 2 is 1.89 bits per heavy atom. The van der Waals surface area contributed by atoms with Crippen molar-refractivity contribution in [3.05, 3.63) is 66.7 Å². The highest BCUT2D eigenvalue weighted by Crippen LogP contribution is 2.23. The van der Waals surface area contributed by atoms with Gasteiger partial charge < -0.3 is 0 Å². The minimum absolute atomic E-state index is 0.323. The molecule has 5 aromatic rings. The van der Waals surface area contributed by atoms with E-state index in [1.165, 1.54) is 0 Å². The molecule has 0 bridgehead atoms. The first-order valence-corrected chi connectivity index (χ1v) is 9.25. The summed E-state index contributed by atoms with van der Waals surface area (Å²) in [5.41, 5.74) is 5.68. The molecule has 0 aliphatic rings. The van der Waals surface area contributed by atoms with Gasteiger partial charge in [-0.2, -0.15) is 5.10 Å². The number of fused-ring (bicyclic) bond motifs is 2. The molecular formula is C21H19N7. The normalized spacial score (nSPS) is 11.7. The van der Waals surface area contributed by atoms with Crippen molar-refractivity contribution in [3.8, 4) is 11.1 Å². The fourth-order valence-corrected chi connectivity index (χ4v) is 3.29. The van der Waals surface area contributed by atoms with E-state index in [0.29, 0.717) is 12.6 Å². The van der Waals surface area contributed by atoms with Crippen molar-refractivity contribution in [2.75, 3.05) is 0 Å². The van der Waals surface area contributed by atoms with Crippen LogP contribution in [0.2, 0.25) is 0 Å². The maximum Gasteiger partial charge on any atom is 0.178 e. The van der Waals surface area contributed by atoms with E-state index in [1.807, 2.05) is 46.2 Å². The lowest BCUT2D eigenvalue weighted by molar-refractivity contribution is 0.532. The lowest BCUT2D eigenvalue weighted by Crippen LogP contribution is -2.03. The second-order valence-corrected chi connectivity index (χ2v) is 7.15. The van der Waals surface area contributed by atoms with Gasteiger partial charge >= 0.3 is 0 Å². The number of hydrogen-bond acceptors (Lipinski definition) is 5. The van der Waals surface area contributed by atoms with Crippen molar-refractivity contribution in [1.29, 1.82) is 0 Å². The monoisotopic (exact) mass is 369 g/mol. The molecule has 0 fully saturated rings. The molecule has 7 nitrogen and oxygen atoms in total. The van der Waals surface area contributed by atoms with E-state index in [4.69, 9.17) is 0 Å². The Morgan fingerprint density at radius 1 is 0.964 bits per heavy atom. The average molecular weight is 369 g/mol. The molecule has 4 aromatic heterocycles. The topological polar surface area (TPSA) is 74.3 Å². The van der Waals surface area contributed by atoms with Gasteiger partial charge in [0.15, 0.2) is 5.65 Å². The zero-order valence-electron chi connectivity index (χ0n) is 15.7. The van der Waals surface area contributed by atoms with Crippen molar-refractivity contribution < 1.29 is 0 Å². The maximum atomic E-state index is 4.62. The summed E-state index contributed by atoms with van der Waals surface area (Å²) in [5.74, 6) is 0. The molecule has 0 saturated heterocycles. The van der Waals surface area contributed by atoms with Crippen LogP contribution < -0.4 is 0 Å². The Morgan fingerprint density at radius 3 is 2.75 bits per heavy atom. The van der Waals surface area contributed by atoms with Crippen molar-refractivity contribution in [3.63, 3.8) is 0 Å². The Bertz CT molecular complexity index is 1280. The minimum Gasteiger partial charge on any atom is -0.270 e. The molecule has 28 heavy (non-hydrogen) atoms. The van der Waals surface area contributed by atoms with E-state index in [0.717, 1.165) is 38.8 Å². The van der Waals surface area contributed by atoms with Crippen LogP contribution in [-0.2, 0) is 6.54 Å². The fraction of sp³-hybridized carbons (Fsp3) is 0.190. The summed E-state index contributed by atoms with van der Waals surface area (Å²) in [6.45, 7) is 4.82. The SMILES string of the molecule is CC(C)n1cc(-c2cnc3c(c2)nnn3Cc2ccc3ncccc3c2)cn1. The molecule has 0 amide bonds. The van der Waals surface area contributed by atoms with Gasteiger partial charge in [0.2, 0.25) is 0 Å². The number of rotatable bonds is 4. The second-order valence-electron chi connectivity index (χ2n) is 7.15. The molecule has 5 rings (SSSR count). The van der Waals surface area contributed by atoms with Crippen molar-refractivity contribution in [2.24, 2.45) is 0 Å². The number of benzene rings is 1. The summed E-state index contributed by atoms with van der Waals surface area (Å²) in [7, 11) is 0. The summed E-state index contributed by atoms with van der Waals surface area (Å²) in [5, 5.41) is 14.1. The van der Waals surface area contributed by atoms with E-state index >= 15 is 0 Å². The summed E-state index contributed by atoms with van der Waals surface area (Å²) in [6.07, 6.45) is 7.55. The van der Waals surface area contributed by atoms with E-state index < -0.39 is 0 Å². The fourth-order valence-electron chi connectivity index (χ4n) is 3.29. The van der Waals surface area contributed by atoms with Gasteiger partial charge in [-0.15, -0.1) is 5.10 Å². The molecule has 0 radical (unpaired) electrons. The Balaban J connectivity index is 1.47. The van der Waals surface area contributed by atoms with Gasteiger partial charge in [-0.05, 0) is 43.7 Å². The third-order valence-corrected chi connectivity index (χ3v) is 4.82. The summed E-state index contributed by atoms with van der Waals surface area (Å²) in [4.78, 5) is 8.99. The zero-order valence-corrected chi connectivity index (χ0v) is 15.7. The largest absolute Gasteiger partial charge is 0.270 e. The molecule has 7 heteroatoms. The first-order valence-electron chi connectivity index (χ1n) is 9.25. The quantitative estimate of drug-likeness (QED) is 0.481. The molecule has 138 valence electrons. The molecule has 0 N–H and O–H groups in total. The number of pyridine rings is 2. The van der Waals surface area contributed by atoms with Crippen molar-refractivity contribution in [2.45, 2.75) is 26.4 Å². The third-order valence-electron chi connectivity index (χ3n) is 4.82. The van der Waals surface area contributed by atoms with Crippen LogP contribution in [0.1, 0.15) is 25.5 Å². The lowest BCUT2D eigenvalue weighted by atomic mass is 10.1. The van der Waals surface area contributed by atoms with Crippen LogP contribution in [0.3, 0.4) is 0 Å². The second kappa shape index (κ2) is 6.53. The van der Waals surface area contributed by atoms with E-state index in [1.54, 1.807) is 6.20 Å².